The van der Waals surface area contributed by atoms with E-state index in [2.05, 4.69) is 20.8 Å². The smallest absolute Gasteiger partial charge is 0.237 e. The van der Waals surface area contributed by atoms with E-state index < -0.39 is 5.25 Å². The average molecular weight is 381 g/mol. The van der Waals surface area contributed by atoms with Gasteiger partial charge in [-0.1, -0.05) is 41.6 Å². The average Bonchev–Trinajstić information content (AvgIpc) is 3.10. The molecule has 1 amide bonds. The molecular formula is C19H19N5O2S. The molecule has 0 bridgehead atoms. The molecule has 0 saturated heterocycles. The fourth-order valence-electron chi connectivity index (χ4n) is 2.37. The number of Topliss-reactive ketones (excluding diaryl/α,β-unsaturated/α-hetero) is 1. The molecule has 2 aromatic carbocycles. The number of benzene rings is 2. The quantitative estimate of drug-likeness (QED) is 0.520. The molecule has 1 aromatic heterocycles. The molecule has 3 rings (SSSR count). The van der Waals surface area contributed by atoms with Gasteiger partial charge in [-0.15, -0.1) is 5.10 Å². The molecule has 1 heterocycles. The second kappa shape index (κ2) is 8.13. The SMILES string of the molecule is CC(=O)c1cccc(NC(=O)[C@@H](C)Sc2nnnn2-c2ccc(C)cc2)c1. The van der Waals surface area contributed by atoms with Gasteiger partial charge < -0.3 is 5.32 Å². The first-order chi connectivity index (χ1) is 12.9. The number of thioether (sulfide) groups is 1. The largest absolute Gasteiger partial charge is 0.325 e. The lowest BCUT2D eigenvalue weighted by Crippen LogP contribution is -2.23. The van der Waals surface area contributed by atoms with Crippen molar-refractivity contribution in [2.45, 2.75) is 31.2 Å². The first-order valence-corrected chi connectivity index (χ1v) is 9.26. The van der Waals surface area contributed by atoms with E-state index in [0.29, 0.717) is 16.4 Å². The summed E-state index contributed by atoms with van der Waals surface area (Å²) in [5, 5.41) is 14.7. The minimum absolute atomic E-state index is 0.0502. The van der Waals surface area contributed by atoms with E-state index in [4.69, 9.17) is 0 Å². The van der Waals surface area contributed by atoms with E-state index in [1.165, 1.54) is 18.7 Å². The fraction of sp³-hybridized carbons (Fsp3) is 0.211. The molecule has 27 heavy (non-hydrogen) atoms. The molecular weight excluding hydrogens is 362 g/mol. The van der Waals surface area contributed by atoms with Gasteiger partial charge in [-0.25, -0.2) is 0 Å². The summed E-state index contributed by atoms with van der Waals surface area (Å²) in [7, 11) is 0. The Kier molecular flexibility index (Phi) is 5.66. The van der Waals surface area contributed by atoms with Crippen LogP contribution in [0.3, 0.4) is 0 Å². The van der Waals surface area contributed by atoms with Crippen LogP contribution in [0, 0.1) is 6.92 Å². The molecule has 0 unspecified atom stereocenters. The molecule has 0 radical (unpaired) electrons. The molecule has 1 N–H and O–H groups in total. The van der Waals surface area contributed by atoms with Crippen LogP contribution in [-0.2, 0) is 4.79 Å². The molecule has 138 valence electrons. The summed E-state index contributed by atoms with van der Waals surface area (Å²) in [4.78, 5) is 24.0. The molecule has 0 aliphatic heterocycles. The highest BCUT2D eigenvalue weighted by Gasteiger charge is 2.19. The first kappa shape index (κ1) is 18.8. The van der Waals surface area contributed by atoms with Crippen LogP contribution < -0.4 is 5.32 Å². The predicted octanol–water partition coefficient (Wildman–Crippen LogP) is 3.29. The Labute approximate surface area is 161 Å². The molecule has 0 fully saturated rings. The lowest BCUT2D eigenvalue weighted by molar-refractivity contribution is -0.115. The number of tetrazole rings is 1. The van der Waals surface area contributed by atoms with Gasteiger partial charge in [0.2, 0.25) is 11.1 Å². The number of amides is 1. The summed E-state index contributed by atoms with van der Waals surface area (Å²) in [6, 6.07) is 14.7. The van der Waals surface area contributed by atoms with Crippen molar-refractivity contribution < 1.29 is 9.59 Å². The Bertz CT molecular complexity index is 968. The number of aryl methyl sites for hydroxylation is 1. The second-order valence-corrected chi connectivity index (χ2v) is 7.40. The topological polar surface area (TPSA) is 89.8 Å². The van der Waals surface area contributed by atoms with Gasteiger partial charge in [0.05, 0.1) is 10.9 Å². The Balaban J connectivity index is 1.71. The zero-order chi connectivity index (χ0) is 19.4. The van der Waals surface area contributed by atoms with Gasteiger partial charge in [0.1, 0.15) is 0 Å². The van der Waals surface area contributed by atoms with E-state index >= 15 is 0 Å². The molecule has 8 heteroatoms. The maximum absolute atomic E-state index is 12.5. The highest BCUT2D eigenvalue weighted by atomic mass is 32.2. The van der Waals surface area contributed by atoms with E-state index in [1.54, 1.807) is 35.9 Å². The van der Waals surface area contributed by atoms with Crippen LogP contribution in [0.2, 0.25) is 0 Å². The molecule has 0 aliphatic rings. The zero-order valence-corrected chi connectivity index (χ0v) is 16.0. The van der Waals surface area contributed by atoms with Crippen LogP contribution in [0.15, 0.2) is 53.7 Å². The van der Waals surface area contributed by atoms with E-state index in [0.717, 1.165) is 11.3 Å². The van der Waals surface area contributed by atoms with Gasteiger partial charge in [0.25, 0.3) is 0 Å². The van der Waals surface area contributed by atoms with Crippen LogP contribution in [-0.4, -0.2) is 37.1 Å². The number of hydrogen-bond acceptors (Lipinski definition) is 6. The standard InChI is InChI=1S/C19H19N5O2S/c1-12-7-9-17(10-8-12)24-19(21-22-23-24)27-14(3)18(26)20-16-6-4-5-15(11-16)13(2)25/h4-11,14H,1-3H3,(H,20,26)/t14-/m1/s1. The Morgan fingerprint density at radius 3 is 2.59 bits per heavy atom. The number of hydrogen-bond donors (Lipinski definition) is 1. The van der Waals surface area contributed by atoms with Gasteiger partial charge in [-0.3, -0.25) is 9.59 Å². The van der Waals surface area contributed by atoms with Gasteiger partial charge in [-0.05, 0) is 55.5 Å². The third-order valence-electron chi connectivity index (χ3n) is 3.91. The van der Waals surface area contributed by atoms with Crippen molar-refractivity contribution in [3.63, 3.8) is 0 Å². The van der Waals surface area contributed by atoms with E-state index in [9.17, 15) is 9.59 Å². The molecule has 1 atom stereocenters. The summed E-state index contributed by atoms with van der Waals surface area (Å²) >= 11 is 1.26. The van der Waals surface area contributed by atoms with Crippen molar-refractivity contribution in [3.8, 4) is 5.69 Å². The van der Waals surface area contributed by atoms with Crippen molar-refractivity contribution in [2.24, 2.45) is 0 Å². The lowest BCUT2D eigenvalue weighted by atomic mass is 10.1. The number of nitrogens with zero attached hydrogens (tertiary/aromatic N) is 4. The van der Waals surface area contributed by atoms with Gasteiger partial charge in [0, 0.05) is 11.3 Å². The number of carbonyl (C=O) groups excluding carboxylic acids is 2. The first-order valence-electron chi connectivity index (χ1n) is 8.38. The van der Waals surface area contributed by atoms with Crippen LogP contribution in [0.1, 0.15) is 29.8 Å². The van der Waals surface area contributed by atoms with Crippen LogP contribution in [0.25, 0.3) is 5.69 Å². The molecule has 0 spiro atoms. The molecule has 3 aromatic rings. The molecule has 0 aliphatic carbocycles. The van der Waals surface area contributed by atoms with Crippen molar-refractivity contribution in [2.75, 3.05) is 5.32 Å². The van der Waals surface area contributed by atoms with Gasteiger partial charge >= 0.3 is 0 Å². The third kappa shape index (κ3) is 4.59. The number of rotatable bonds is 6. The maximum Gasteiger partial charge on any atom is 0.237 e. The number of nitrogens with one attached hydrogen (secondary N) is 1. The van der Waals surface area contributed by atoms with Gasteiger partial charge in [0.15, 0.2) is 5.78 Å². The molecule has 0 saturated carbocycles. The normalized spacial score (nSPS) is 11.8. The van der Waals surface area contributed by atoms with Crippen molar-refractivity contribution >= 4 is 29.1 Å². The highest BCUT2D eigenvalue weighted by molar-refractivity contribution is 8.00. The summed E-state index contributed by atoms with van der Waals surface area (Å²) in [5.74, 6) is -0.245. The summed E-state index contributed by atoms with van der Waals surface area (Å²) in [6.45, 7) is 5.28. The number of aromatic nitrogens is 4. The van der Waals surface area contributed by atoms with Crippen molar-refractivity contribution in [1.29, 1.82) is 0 Å². The summed E-state index contributed by atoms with van der Waals surface area (Å²) < 4.78 is 1.60. The minimum atomic E-state index is -0.429. The Morgan fingerprint density at radius 1 is 1.15 bits per heavy atom. The highest BCUT2D eigenvalue weighted by Crippen LogP contribution is 2.24. The third-order valence-corrected chi connectivity index (χ3v) is 4.94. The minimum Gasteiger partial charge on any atom is -0.325 e. The molecule has 7 nitrogen and oxygen atoms in total. The fourth-order valence-corrected chi connectivity index (χ4v) is 3.18. The van der Waals surface area contributed by atoms with E-state index in [1.807, 2.05) is 31.2 Å². The summed E-state index contributed by atoms with van der Waals surface area (Å²) in [5.41, 5.74) is 3.10. The van der Waals surface area contributed by atoms with Gasteiger partial charge in [-0.2, -0.15) is 4.68 Å². The summed E-state index contributed by atoms with van der Waals surface area (Å²) in [6.07, 6.45) is 0. The Hall–Kier alpha value is -3.00. The van der Waals surface area contributed by atoms with Crippen molar-refractivity contribution in [1.82, 2.24) is 20.2 Å². The second-order valence-electron chi connectivity index (χ2n) is 6.10. The Morgan fingerprint density at radius 2 is 1.89 bits per heavy atom. The maximum atomic E-state index is 12.5. The number of anilines is 1. The number of ketones is 1. The predicted molar refractivity (Wildman–Crippen MR) is 104 cm³/mol. The number of carbonyl (C=O) groups is 2. The van der Waals surface area contributed by atoms with Crippen LogP contribution >= 0.6 is 11.8 Å². The van der Waals surface area contributed by atoms with Crippen molar-refractivity contribution in [3.05, 3.63) is 59.7 Å². The van der Waals surface area contributed by atoms with Crippen LogP contribution in [0.4, 0.5) is 5.69 Å². The monoisotopic (exact) mass is 381 g/mol. The lowest BCUT2D eigenvalue weighted by Gasteiger charge is -2.12. The zero-order valence-electron chi connectivity index (χ0n) is 15.2. The van der Waals surface area contributed by atoms with Crippen LogP contribution in [0.5, 0.6) is 0 Å². The van der Waals surface area contributed by atoms with E-state index in [-0.39, 0.29) is 11.7 Å².